The van der Waals surface area contributed by atoms with E-state index in [9.17, 15) is 13.6 Å². The molecule has 0 bridgehead atoms. The van der Waals surface area contributed by atoms with Crippen molar-refractivity contribution in [1.29, 1.82) is 0 Å². The Morgan fingerprint density at radius 1 is 1.40 bits per heavy atom. The number of aromatic nitrogens is 1. The summed E-state index contributed by atoms with van der Waals surface area (Å²) in [6.07, 6.45) is 1.63. The number of esters is 1. The van der Waals surface area contributed by atoms with E-state index >= 15 is 0 Å². The molecule has 0 aliphatic carbocycles. The van der Waals surface area contributed by atoms with Gasteiger partial charge in [0.1, 0.15) is 6.04 Å². The number of methoxy groups -OCH3 is 1. The Morgan fingerprint density at radius 3 is 2.80 bits per heavy atom. The Morgan fingerprint density at radius 2 is 2.20 bits per heavy atom. The van der Waals surface area contributed by atoms with E-state index in [0.29, 0.717) is 27.4 Å². The van der Waals surface area contributed by atoms with Gasteiger partial charge in [-0.25, -0.2) is 18.6 Å². The molecule has 2 aromatic rings. The standard InChI is InChI=1S/C16H12BrF2N3O2S/c1-24-16(23)12-11(7-17)21-14(15-20-4-5-25-15)22-13(12)8-2-3-9(18)10(19)6-8/h2-6,13H,7H2,1H3,(H,21,22). The SMILES string of the molecule is COC(=O)C1=C(CBr)NC(c2nccs2)=NC1c1ccc(F)c(F)c1. The lowest BCUT2D eigenvalue weighted by Crippen LogP contribution is -2.34. The molecule has 1 N–H and O–H groups in total. The van der Waals surface area contributed by atoms with E-state index in [1.54, 1.807) is 11.6 Å². The minimum Gasteiger partial charge on any atom is -0.466 e. The van der Waals surface area contributed by atoms with Crippen molar-refractivity contribution in [2.75, 3.05) is 12.4 Å². The van der Waals surface area contributed by atoms with Crippen molar-refractivity contribution in [2.45, 2.75) is 6.04 Å². The summed E-state index contributed by atoms with van der Waals surface area (Å²) in [5.41, 5.74) is 1.10. The Kier molecular flexibility index (Phi) is 5.24. The van der Waals surface area contributed by atoms with E-state index in [-0.39, 0.29) is 5.57 Å². The van der Waals surface area contributed by atoms with Gasteiger partial charge in [0.2, 0.25) is 0 Å². The summed E-state index contributed by atoms with van der Waals surface area (Å²) in [4.78, 5) is 21.0. The molecule has 0 saturated heterocycles. The highest BCUT2D eigenvalue weighted by Gasteiger charge is 2.32. The van der Waals surface area contributed by atoms with Crippen molar-refractivity contribution in [3.63, 3.8) is 0 Å². The summed E-state index contributed by atoms with van der Waals surface area (Å²) in [6, 6.07) is 2.60. The zero-order valence-electron chi connectivity index (χ0n) is 12.9. The van der Waals surface area contributed by atoms with Gasteiger partial charge in [0.15, 0.2) is 22.5 Å². The monoisotopic (exact) mass is 427 g/mol. The molecule has 2 heterocycles. The first-order valence-corrected chi connectivity index (χ1v) is 9.12. The van der Waals surface area contributed by atoms with Crippen LogP contribution in [-0.4, -0.2) is 29.2 Å². The van der Waals surface area contributed by atoms with E-state index in [4.69, 9.17) is 4.74 Å². The molecule has 0 fully saturated rings. The average molecular weight is 428 g/mol. The molecule has 0 amide bonds. The lowest BCUT2D eigenvalue weighted by atomic mass is 9.96. The third-order valence-electron chi connectivity index (χ3n) is 3.56. The fraction of sp³-hybridized carbons (Fsp3) is 0.188. The highest BCUT2D eigenvalue weighted by atomic mass is 79.9. The van der Waals surface area contributed by atoms with Gasteiger partial charge in [0.05, 0.1) is 12.7 Å². The number of halogens is 3. The summed E-state index contributed by atoms with van der Waals surface area (Å²) in [7, 11) is 1.25. The number of thiazole rings is 1. The summed E-state index contributed by atoms with van der Waals surface area (Å²) < 4.78 is 31.8. The number of aliphatic imine (C=N–C) groups is 1. The number of amidine groups is 1. The minimum atomic E-state index is -1.01. The van der Waals surface area contributed by atoms with Gasteiger partial charge in [0.25, 0.3) is 0 Å². The molecule has 3 rings (SSSR count). The molecule has 5 nitrogen and oxygen atoms in total. The highest BCUT2D eigenvalue weighted by Crippen LogP contribution is 2.33. The average Bonchev–Trinajstić information content (AvgIpc) is 3.17. The molecule has 1 aliphatic rings. The van der Waals surface area contributed by atoms with Crippen LogP contribution in [0.15, 0.2) is 46.0 Å². The van der Waals surface area contributed by atoms with Crippen LogP contribution in [0.3, 0.4) is 0 Å². The summed E-state index contributed by atoms with van der Waals surface area (Å²) in [5, 5.41) is 5.79. The molecule has 0 radical (unpaired) electrons. The van der Waals surface area contributed by atoms with E-state index < -0.39 is 23.6 Å². The first-order valence-electron chi connectivity index (χ1n) is 7.12. The first-order chi connectivity index (χ1) is 12.0. The van der Waals surface area contributed by atoms with Crippen LogP contribution >= 0.6 is 27.3 Å². The number of nitrogens with zero attached hydrogens (tertiary/aromatic N) is 2. The molecule has 0 spiro atoms. The number of allylic oxidation sites excluding steroid dienone is 1. The zero-order valence-corrected chi connectivity index (χ0v) is 15.3. The second-order valence-corrected chi connectivity index (χ2v) is 6.49. The molecule has 130 valence electrons. The minimum absolute atomic E-state index is 0.227. The van der Waals surface area contributed by atoms with E-state index in [2.05, 4.69) is 31.2 Å². The Labute approximate surface area is 154 Å². The van der Waals surface area contributed by atoms with Crippen LogP contribution in [-0.2, 0) is 9.53 Å². The molecule has 1 unspecified atom stereocenters. The molecule has 9 heteroatoms. The van der Waals surface area contributed by atoms with Crippen molar-refractivity contribution >= 4 is 39.1 Å². The van der Waals surface area contributed by atoms with Gasteiger partial charge in [-0.3, -0.25) is 4.99 Å². The lowest BCUT2D eigenvalue weighted by Gasteiger charge is -2.26. The second kappa shape index (κ2) is 7.40. The zero-order chi connectivity index (χ0) is 18.0. The van der Waals surface area contributed by atoms with Crippen molar-refractivity contribution < 1.29 is 18.3 Å². The number of benzene rings is 1. The number of nitrogens with one attached hydrogen (secondary N) is 1. The van der Waals surface area contributed by atoms with Crippen LogP contribution in [0.1, 0.15) is 16.6 Å². The number of carbonyl (C=O) groups is 1. The quantitative estimate of drug-likeness (QED) is 0.600. The van der Waals surface area contributed by atoms with Crippen molar-refractivity contribution in [3.8, 4) is 0 Å². The smallest absolute Gasteiger partial charge is 0.338 e. The molecular weight excluding hydrogens is 416 g/mol. The second-order valence-electron chi connectivity index (χ2n) is 5.03. The predicted octanol–water partition coefficient (Wildman–Crippen LogP) is 3.33. The fourth-order valence-electron chi connectivity index (χ4n) is 2.42. The van der Waals surface area contributed by atoms with Gasteiger partial charge in [0, 0.05) is 22.6 Å². The number of carbonyl (C=O) groups excluding carboxylic acids is 1. The largest absolute Gasteiger partial charge is 0.466 e. The number of ether oxygens (including phenoxy) is 1. The Balaban J connectivity index is 2.15. The van der Waals surface area contributed by atoms with Gasteiger partial charge in [-0.15, -0.1) is 11.3 Å². The molecule has 1 aromatic carbocycles. The lowest BCUT2D eigenvalue weighted by molar-refractivity contribution is -0.136. The van der Waals surface area contributed by atoms with E-state index in [0.717, 1.165) is 12.1 Å². The maximum absolute atomic E-state index is 13.7. The molecule has 1 aromatic heterocycles. The number of alkyl halides is 1. The van der Waals surface area contributed by atoms with E-state index in [1.807, 2.05) is 0 Å². The van der Waals surface area contributed by atoms with Gasteiger partial charge in [-0.1, -0.05) is 22.0 Å². The van der Waals surface area contributed by atoms with Crippen molar-refractivity contribution in [2.24, 2.45) is 4.99 Å². The van der Waals surface area contributed by atoms with Gasteiger partial charge >= 0.3 is 5.97 Å². The predicted molar refractivity (Wildman–Crippen MR) is 93.7 cm³/mol. The van der Waals surface area contributed by atoms with Crippen LogP contribution in [0, 0.1) is 11.6 Å². The van der Waals surface area contributed by atoms with Crippen LogP contribution in [0.25, 0.3) is 0 Å². The third-order valence-corrected chi connectivity index (χ3v) is 4.90. The van der Waals surface area contributed by atoms with Crippen LogP contribution in [0.5, 0.6) is 0 Å². The number of rotatable bonds is 4. The highest BCUT2D eigenvalue weighted by molar-refractivity contribution is 9.09. The Hall–Kier alpha value is -2.13. The summed E-state index contributed by atoms with van der Waals surface area (Å²) >= 11 is 4.70. The van der Waals surface area contributed by atoms with Crippen molar-refractivity contribution in [1.82, 2.24) is 10.3 Å². The maximum atomic E-state index is 13.7. The maximum Gasteiger partial charge on any atom is 0.338 e. The molecule has 25 heavy (non-hydrogen) atoms. The number of hydrogen-bond acceptors (Lipinski definition) is 6. The van der Waals surface area contributed by atoms with Gasteiger partial charge in [-0.05, 0) is 17.7 Å². The first kappa shape index (κ1) is 17.7. The summed E-state index contributed by atoms with van der Waals surface area (Å²) in [6.45, 7) is 0. The van der Waals surface area contributed by atoms with Gasteiger partial charge < -0.3 is 10.1 Å². The van der Waals surface area contributed by atoms with Gasteiger partial charge in [-0.2, -0.15) is 0 Å². The summed E-state index contributed by atoms with van der Waals surface area (Å²) in [5.74, 6) is -2.12. The van der Waals surface area contributed by atoms with Crippen LogP contribution in [0.2, 0.25) is 0 Å². The van der Waals surface area contributed by atoms with Crippen molar-refractivity contribution in [3.05, 3.63) is 63.3 Å². The van der Waals surface area contributed by atoms with Crippen LogP contribution in [0.4, 0.5) is 8.78 Å². The van der Waals surface area contributed by atoms with E-state index in [1.165, 1.54) is 24.5 Å². The molecule has 1 atom stereocenters. The normalized spacial score (nSPS) is 17.1. The van der Waals surface area contributed by atoms with Crippen LogP contribution < -0.4 is 5.32 Å². The number of hydrogen-bond donors (Lipinski definition) is 1. The molecular formula is C16H12BrF2N3O2S. The molecule has 0 saturated carbocycles. The molecule has 1 aliphatic heterocycles. The Bertz CT molecular complexity index is 868. The topological polar surface area (TPSA) is 63.6 Å². The third kappa shape index (κ3) is 3.47. The fourth-order valence-corrected chi connectivity index (χ4v) is 3.45.